The number of aryl methyl sites for hydroxylation is 1. The van der Waals surface area contributed by atoms with Crippen LogP contribution in [0.1, 0.15) is 26.4 Å². The Kier molecular flexibility index (Phi) is 4.06. The van der Waals surface area contributed by atoms with Gasteiger partial charge in [0.1, 0.15) is 17.2 Å². The number of benzene rings is 2. The van der Waals surface area contributed by atoms with Crippen LogP contribution in [0.25, 0.3) is 0 Å². The molecule has 26 heavy (non-hydrogen) atoms. The van der Waals surface area contributed by atoms with E-state index in [0.29, 0.717) is 12.1 Å². The second-order valence-corrected chi connectivity index (χ2v) is 7.59. The minimum Gasteiger partial charge on any atom is -0.354 e. The van der Waals surface area contributed by atoms with Gasteiger partial charge in [-0.15, -0.1) is 11.3 Å². The predicted octanol–water partition coefficient (Wildman–Crippen LogP) is 4.36. The standard InChI is InChI=1S/C21H16FN3S/c1-14-5-10-19(26-14)21(17-6-8-18(22)9-7-17)13-24-20(25-21)16-4-2-3-15(11-16)12-23/h2-11H,13H2,1H3,(H,24,25). The lowest BCUT2D eigenvalue weighted by atomic mass is 9.88. The number of halogens is 1. The number of hydrogen-bond acceptors (Lipinski definition) is 4. The van der Waals surface area contributed by atoms with Crippen molar-refractivity contribution >= 4 is 17.2 Å². The van der Waals surface area contributed by atoms with E-state index in [1.807, 2.05) is 30.3 Å². The van der Waals surface area contributed by atoms with Gasteiger partial charge in [0.15, 0.2) is 0 Å². The molecule has 1 unspecified atom stereocenters. The summed E-state index contributed by atoms with van der Waals surface area (Å²) in [5, 5.41) is 12.7. The fourth-order valence-corrected chi connectivity index (χ4v) is 4.25. The average molecular weight is 361 g/mol. The van der Waals surface area contributed by atoms with Crippen molar-refractivity contribution in [2.75, 3.05) is 6.54 Å². The highest BCUT2D eigenvalue weighted by molar-refractivity contribution is 7.12. The average Bonchev–Trinajstić information content (AvgIpc) is 3.30. The van der Waals surface area contributed by atoms with Crippen LogP contribution in [0.3, 0.4) is 0 Å². The van der Waals surface area contributed by atoms with E-state index in [-0.39, 0.29) is 5.82 Å². The van der Waals surface area contributed by atoms with Gasteiger partial charge in [-0.3, -0.25) is 4.99 Å². The molecule has 0 amide bonds. The van der Waals surface area contributed by atoms with Crippen LogP contribution in [0.2, 0.25) is 0 Å². The second kappa shape index (κ2) is 6.40. The molecule has 3 nitrogen and oxygen atoms in total. The highest BCUT2D eigenvalue weighted by Gasteiger charge is 2.40. The fraction of sp³-hybridized carbons (Fsp3) is 0.143. The van der Waals surface area contributed by atoms with E-state index in [1.54, 1.807) is 17.4 Å². The molecule has 2 aromatic carbocycles. The molecule has 1 N–H and O–H groups in total. The van der Waals surface area contributed by atoms with E-state index in [0.717, 1.165) is 21.8 Å². The summed E-state index contributed by atoms with van der Waals surface area (Å²) in [6.07, 6.45) is 0. The smallest absolute Gasteiger partial charge is 0.129 e. The van der Waals surface area contributed by atoms with Crippen LogP contribution in [0, 0.1) is 24.1 Å². The molecule has 4 rings (SSSR count). The lowest BCUT2D eigenvalue weighted by Gasteiger charge is -2.29. The van der Waals surface area contributed by atoms with Crippen molar-refractivity contribution in [2.45, 2.75) is 12.5 Å². The monoisotopic (exact) mass is 361 g/mol. The fourth-order valence-electron chi connectivity index (χ4n) is 3.22. The van der Waals surface area contributed by atoms with E-state index < -0.39 is 5.54 Å². The summed E-state index contributed by atoms with van der Waals surface area (Å²) in [6.45, 7) is 2.59. The van der Waals surface area contributed by atoms with Crippen molar-refractivity contribution in [1.82, 2.24) is 5.32 Å². The van der Waals surface area contributed by atoms with Gasteiger partial charge >= 0.3 is 0 Å². The number of nitrogens with zero attached hydrogens (tertiary/aromatic N) is 2. The molecule has 0 aliphatic carbocycles. The lowest BCUT2D eigenvalue weighted by Crippen LogP contribution is -2.43. The summed E-state index contributed by atoms with van der Waals surface area (Å²) in [7, 11) is 0. The normalized spacial score (nSPS) is 18.9. The Bertz CT molecular complexity index is 1030. The third-order valence-corrected chi connectivity index (χ3v) is 5.73. The summed E-state index contributed by atoms with van der Waals surface area (Å²) in [5.74, 6) is 0.490. The predicted molar refractivity (Wildman–Crippen MR) is 102 cm³/mol. The van der Waals surface area contributed by atoms with Crippen molar-refractivity contribution in [3.05, 3.63) is 92.9 Å². The number of amidine groups is 1. The van der Waals surface area contributed by atoms with Crippen LogP contribution >= 0.6 is 11.3 Å². The number of rotatable bonds is 3. The molecule has 0 bridgehead atoms. The zero-order chi connectivity index (χ0) is 18.1. The van der Waals surface area contributed by atoms with Crippen molar-refractivity contribution in [3.8, 4) is 6.07 Å². The maximum atomic E-state index is 13.5. The first-order valence-corrected chi connectivity index (χ1v) is 9.08. The van der Waals surface area contributed by atoms with Gasteiger partial charge in [0.2, 0.25) is 0 Å². The summed E-state index contributed by atoms with van der Waals surface area (Å²) in [6, 6.07) is 20.3. The molecule has 0 saturated heterocycles. The molecule has 1 aromatic heterocycles. The summed E-state index contributed by atoms with van der Waals surface area (Å²) >= 11 is 1.71. The van der Waals surface area contributed by atoms with Crippen LogP contribution in [-0.4, -0.2) is 12.4 Å². The molecule has 1 aliphatic rings. The van der Waals surface area contributed by atoms with E-state index in [9.17, 15) is 4.39 Å². The molecule has 2 heterocycles. The molecule has 128 valence electrons. The zero-order valence-corrected chi connectivity index (χ0v) is 15.0. The molecule has 0 spiro atoms. The van der Waals surface area contributed by atoms with Crippen LogP contribution in [0.5, 0.6) is 0 Å². The van der Waals surface area contributed by atoms with Gasteiger partial charge in [-0.2, -0.15) is 5.26 Å². The van der Waals surface area contributed by atoms with Gasteiger partial charge in [0.25, 0.3) is 0 Å². The highest BCUT2D eigenvalue weighted by atomic mass is 32.1. The Balaban J connectivity index is 1.77. The van der Waals surface area contributed by atoms with Gasteiger partial charge in [-0.1, -0.05) is 24.3 Å². The molecule has 1 atom stereocenters. The van der Waals surface area contributed by atoms with Gasteiger partial charge in [-0.25, -0.2) is 4.39 Å². The summed E-state index contributed by atoms with van der Waals surface area (Å²) in [4.78, 5) is 7.08. The van der Waals surface area contributed by atoms with Crippen LogP contribution in [0.15, 0.2) is 65.7 Å². The van der Waals surface area contributed by atoms with E-state index in [4.69, 9.17) is 10.3 Å². The third kappa shape index (κ3) is 2.79. The number of nitriles is 1. The van der Waals surface area contributed by atoms with Crippen molar-refractivity contribution in [2.24, 2.45) is 4.99 Å². The van der Waals surface area contributed by atoms with Gasteiger partial charge in [-0.05, 0) is 48.9 Å². The first-order valence-electron chi connectivity index (χ1n) is 8.27. The number of nitrogens with one attached hydrogen (secondary N) is 1. The second-order valence-electron chi connectivity index (χ2n) is 6.30. The molecule has 1 aliphatic heterocycles. The minimum absolute atomic E-state index is 0.257. The van der Waals surface area contributed by atoms with Crippen LogP contribution in [0.4, 0.5) is 4.39 Å². The Hall–Kier alpha value is -2.97. The third-order valence-electron chi connectivity index (χ3n) is 4.57. The quantitative estimate of drug-likeness (QED) is 0.753. The molecule has 5 heteroatoms. The van der Waals surface area contributed by atoms with E-state index >= 15 is 0 Å². The van der Waals surface area contributed by atoms with E-state index in [2.05, 4.69) is 30.4 Å². The van der Waals surface area contributed by atoms with Crippen molar-refractivity contribution in [1.29, 1.82) is 5.26 Å². The lowest BCUT2D eigenvalue weighted by molar-refractivity contribution is 0.532. The minimum atomic E-state index is -0.523. The molecular formula is C21H16FN3S. The molecule has 3 aromatic rings. The molecule has 0 radical (unpaired) electrons. The Morgan fingerprint density at radius 1 is 1.15 bits per heavy atom. The SMILES string of the molecule is Cc1ccc(C2(c3ccc(F)cc3)CN=C(c3cccc(C#N)c3)N2)s1. The van der Waals surface area contributed by atoms with E-state index in [1.165, 1.54) is 17.0 Å². The van der Waals surface area contributed by atoms with Crippen molar-refractivity contribution < 1.29 is 4.39 Å². The van der Waals surface area contributed by atoms with Crippen LogP contribution in [-0.2, 0) is 5.54 Å². The Morgan fingerprint density at radius 3 is 2.65 bits per heavy atom. The molecule has 0 saturated carbocycles. The highest BCUT2D eigenvalue weighted by Crippen LogP contribution is 2.37. The zero-order valence-electron chi connectivity index (χ0n) is 14.2. The number of aliphatic imine (C=N–C) groups is 1. The summed E-state index contributed by atoms with van der Waals surface area (Å²) < 4.78 is 13.5. The van der Waals surface area contributed by atoms with Gasteiger partial charge in [0, 0.05) is 15.3 Å². The number of hydrogen-bond donors (Lipinski definition) is 1. The van der Waals surface area contributed by atoms with Gasteiger partial charge in [0.05, 0.1) is 18.2 Å². The first-order chi connectivity index (χ1) is 12.6. The first kappa shape index (κ1) is 16.5. The van der Waals surface area contributed by atoms with Gasteiger partial charge < -0.3 is 5.32 Å². The largest absolute Gasteiger partial charge is 0.354 e. The molecular weight excluding hydrogens is 345 g/mol. The molecule has 0 fully saturated rings. The van der Waals surface area contributed by atoms with Crippen molar-refractivity contribution in [3.63, 3.8) is 0 Å². The maximum absolute atomic E-state index is 13.5. The number of thiophene rings is 1. The Morgan fingerprint density at radius 2 is 1.96 bits per heavy atom. The topological polar surface area (TPSA) is 48.2 Å². The van der Waals surface area contributed by atoms with Crippen LogP contribution < -0.4 is 5.32 Å². The summed E-state index contributed by atoms with van der Waals surface area (Å²) in [5.41, 5.74) is 1.92. The maximum Gasteiger partial charge on any atom is 0.129 e. The Labute approximate surface area is 155 Å².